The van der Waals surface area contributed by atoms with E-state index in [2.05, 4.69) is 0 Å². The number of nitrogens with one attached hydrogen (secondary N) is 1. The molecule has 0 heterocycles. The lowest BCUT2D eigenvalue weighted by molar-refractivity contribution is -0.497. The van der Waals surface area contributed by atoms with Crippen LogP contribution in [0.25, 0.3) is 0 Å². The molecule has 0 aromatic carbocycles. The van der Waals surface area contributed by atoms with Crippen LogP contribution in [0, 0.1) is 22.0 Å². The van der Waals surface area contributed by atoms with Crippen LogP contribution in [0.2, 0.25) is 0 Å². The van der Waals surface area contributed by atoms with Crippen LogP contribution in [-0.4, -0.2) is 31.0 Å². The summed E-state index contributed by atoms with van der Waals surface area (Å²) in [5.41, 5.74) is 0. The van der Waals surface area contributed by atoms with Crippen LogP contribution in [0.15, 0.2) is 0 Å². The van der Waals surface area contributed by atoms with Crippen molar-refractivity contribution in [2.75, 3.05) is 5.75 Å². The number of hydrogen-bond acceptors (Lipinski definition) is 5. The molecule has 1 fully saturated rings. The monoisotopic (exact) mass is 278 g/mol. The molecular weight excluding hydrogens is 260 g/mol. The van der Waals surface area contributed by atoms with E-state index < -0.39 is 32.8 Å². The minimum atomic E-state index is -3.68. The zero-order valence-corrected chi connectivity index (χ0v) is 11.3. The van der Waals surface area contributed by atoms with Gasteiger partial charge in [-0.05, 0) is 5.92 Å². The third-order valence-corrected chi connectivity index (χ3v) is 4.65. The Morgan fingerprint density at radius 1 is 1.44 bits per heavy atom. The molecule has 1 amide bonds. The number of hydrogen-bond donors (Lipinski definition) is 1. The quantitative estimate of drug-likeness (QED) is 0.540. The molecule has 18 heavy (non-hydrogen) atoms. The molecule has 0 unspecified atom stereocenters. The Kier molecular flexibility index (Phi) is 4.66. The normalized spacial score (nSPS) is 22.8. The molecule has 0 spiro atoms. The smallest absolute Gasteiger partial charge is 0.243 e. The first-order valence-corrected chi connectivity index (χ1v) is 7.63. The minimum Gasteiger partial charge on any atom is -0.273 e. The second-order valence-corrected chi connectivity index (χ2v) is 6.39. The maximum absolute atomic E-state index is 11.7. The van der Waals surface area contributed by atoms with Gasteiger partial charge in [-0.2, -0.15) is 0 Å². The lowest BCUT2D eigenvalue weighted by Crippen LogP contribution is -2.36. The summed E-state index contributed by atoms with van der Waals surface area (Å²) in [6, 6.07) is -0.923. The Morgan fingerprint density at radius 3 is 2.39 bits per heavy atom. The molecule has 0 saturated heterocycles. The highest BCUT2D eigenvalue weighted by Gasteiger charge is 2.54. The van der Waals surface area contributed by atoms with Gasteiger partial charge in [-0.25, -0.2) is 8.42 Å². The summed E-state index contributed by atoms with van der Waals surface area (Å²) in [6.45, 7) is 3.77. The molecule has 0 aliphatic heterocycles. The van der Waals surface area contributed by atoms with Crippen molar-refractivity contribution in [3.8, 4) is 0 Å². The Balaban J connectivity index is 2.51. The molecule has 0 radical (unpaired) electrons. The summed E-state index contributed by atoms with van der Waals surface area (Å²) in [6.07, 6.45) is 1.55. The summed E-state index contributed by atoms with van der Waals surface area (Å²) in [7, 11) is -3.68. The Hall–Kier alpha value is -1.18. The summed E-state index contributed by atoms with van der Waals surface area (Å²) in [4.78, 5) is 21.3. The zero-order valence-electron chi connectivity index (χ0n) is 10.5. The second-order valence-electron chi connectivity index (χ2n) is 4.63. The molecule has 7 nitrogen and oxygen atoms in total. The van der Waals surface area contributed by atoms with Gasteiger partial charge in [0, 0.05) is 11.3 Å². The summed E-state index contributed by atoms with van der Waals surface area (Å²) in [5, 5.41) is 10.4. The summed E-state index contributed by atoms with van der Waals surface area (Å²) >= 11 is 0. The van der Waals surface area contributed by atoms with Gasteiger partial charge in [-0.15, -0.1) is 0 Å². The first-order chi connectivity index (χ1) is 8.30. The van der Waals surface area contributed by atoms with Crippen molar-refractivity contribution in [2.45, 2.75) is 39.2 Å². The third-order valence-electron chi connectivity index (χ3n) is 3.23. The van der Waals surface area contributed by atoms with E-state index in [1.54, 1.807) is 0 Å². The predicted molar refractivity (Wildman–Crippen MR) is 64.9 cm³/mol. The second kappa shape index (κ2) is 5.64. The SMILES string of the molecule is CCC(CC)CS(=O)(=O)NC(=O)[C@@H]1C[C@@H]1[N+](=O)[O-]. The lowest BCUT2D eigenvalue weighted by atomic mass is 10.1. The standard InChI is InChI=1S/C10H18N2O5S/c1-3-7(4-2)6-18(16,17)11-10(13)8-5-9(8)12(14)15/h7-9H,3-6H2,1-2H3,(H,11,13)/t8-,9+/m1/s1. The Labute approximate surface area is 106 Å². The van der Waals surface area contributed by atoms with E-state index in [0.29, 0.717) is 12.8 Å². The topological polar surface area (TPSA) is 106 Å². The van der Waals surface area contributed by atoms with Crippen LogP contribution in [0.5, 0.6) is 0 Å². The van der Waals surface area contributed by atoms with E-state index in [9.17, 15) is 23.3 Å². The van der Waals surface area contributed by atoms with Gasteiger partial charge >= 0.3 is 0 Å². The molecule has 104 valence electrons. The van der Waals surface area contributed by atoms with Crippen LogP contribution in [0.1, 0.15) is 33.1 Å². The van der Waals surface area contributed by atoms with Gasteiger partial charge in [-0.1, -0.05) is 26.7 Å². The van der Waals surface area contributed by atoms with Crippen molar-refractivity contribution < 1.29 is 18.1 Å². The Bertz CT molecular complexity index is 430. The molecular formula is C10H18N2O5S. The fourth-order valence-corrected chi connectivity index (χ4v) is 3.43. The van der Waals surface area contributed by atoms with Crippen molar-refractivity contribution in [3.05, 3.63) is 10.1 Å². The van der Waals surface area contributed by atoms with Crippen LogP contribution >= 0.6 is 0 Å². The highest BCUT2D eigenvalue weighted by Crippen LogP contribution is 2.33. The van der Waals surface area contributed by atoms with Crippen LogP contribution in [-0.2, 0) is 14.8 Å². The average molecular weight is 278 g/mol. The Morgan fingerprint density at radius 2 is 2.00 bits per heavy atom. The van der Waals surface area contributed by atoms with Gasteiger partial charge in [0.2, 0.25) is 22.0 Å². The average Bonchev–Trinajstić information content (AvgIpc) is 3.05. The molecule has 1 aliphatic carbocycles. The van der Waals surface area contributed by atoms with Crippen molar-refractivity contribution in [1.82, 2.24) is 4.72 Å². The molecule has 2 atom stereocenters. The molecule has 0 aromatic rings. The molecule has 0 bridgehead atoms. The van der Waals surface area contributed by atoms with Crippen LogP contribution in [0.3, 0.4) is 0 Å². The number of amides is 1. The van der Waals surface area contributed by atoms with Crippen molar-refractivity contribution in [2.24, 2.45) is 11.8 Å². The number of rotatable bonds is 7. The minimum absolute atomic E-state index is 0.000755. The van der Waals surface area contributed by atoms with Gasteiger partial charge in [0.25, 0.3) is 0 Å². The van der Waals surface area contributed by atoms with Crippen LogP contribution in [0.4, 0.5) is 0 Å². The van der Waals surface area contributed by atoms with Gasteiger partial charge in [0.05, 0.1) is 5.75 Å². The lowest BCUT2D eigenvalue weighted by Gasteiger charge is -2.12. The number of sulfonamides is 1. The predicted octanol–water partition coefficient (Wildman–Crippen LogP) is 0.534. The van der Waals surface area contributed by atoms with E-state index in [-0.39, 0.29) is 18.1 Å². The van der Waals surface area contributed by atoms with E-state index in [1.165, 1.54) is 0 Å². The van der Waals surface area contributed by atoms with E-state index in [1.807, 2.05) is 18.6 Å². The number of carbonyl (C=O) groups excluding carboxylic acids is 1. The fraction of sp³-hybridized carbons (Fsp3) is 0.900. The molecule has 1 saturated carbocycles. The summed E-state index contributed by atoms with van der Waals surface area (Å²) in [5.74, 6) is -1.65. The number of nitro groups is 1. The largest absolute Gasteiger partial charge is 0.273 e. The van der Waals surface area contributed by atoms with Crippen molar-refractivity contribution >= 4 is 15.9 Å². The third kappa shape index (κ3) is 3.94. The van der Waals surface area contributed by atoms with Crippen molar-refractivity contribution in [1.29, 1.82) is 0 Å². The maximum Gasteiger partial charge on any atom is 0.243 e. The summed E-state index contributed by atoms with van der Waals surface area (Å²) < 4.78 is 25.3. The maximum atomic E-state index is 11.7. The van der Waals surface area contributed by atoms with Crippen LogP contribution < -0.4 is 4.72 Å². The van der Waals surface area contributed by atoms with Crippen molar-refractivity contribution in [3.63, 3.8) is 0 Å². The highest BCUT2D eigenvalue weighted by molar-refractivity contribution is 7.90. The van der Waals surface area contributed by atoms with Gasteiger partial charge in [-0.3, -0.25) is 19.6 Å². The molecule has 1 N–H and O–H groups in total. The molecule has 8 heteroatoms. The zero-order chi connectivity index (χ0) is 13.9. The molecule has 1 rings (SSSR count). The number of nitrogens with zero attached hydrogens (tertiary/aromatic N) is 1. The molecule has 1 aliphatic rings. The number of carbonyl (C=O) groups is 1. The van der Waals surface area contributed by atoms with E-state index in [0.717, 1.165) is 0 Å². The van der Waals surface area contributed by atoms with E-state index >= 15 is 0 Å². The molecule has 0 aromatic heterocycles. The highest BCUT2D eigenvalue weighted by atomic mass is 32.2. The van der Waals surface area contributed by atoms with E-state index in [4.69, 9.17) is 0 Å². The fourth-order valence-electron chi connectivity index (χ4n) is 1.80. The van der Waals surface area contributed by atoms with Gasteiger partial charge in [0.1, 0.15) is 5.92 Å². The first kappa shape index (κ1) is 14.9. The van der Waals surface area contributed by atoms with Gasteiger partial charge in [0.15, 0.2) is 0 Å². The first-order valence-electron chi connectivity index (χ1n) is 5.98. The van der Waals surface area contributed by atoms with Gasteiger partial charge < -0.3 is 0 Å².